The second-order valence-corrected chi connectivity index (χ2v) is 9.94. The summed E-state index contributed by atoms with van der Waals surface area (Å²) in [6.07, 6.45) is 0.988. The summed E-state index contributed by atoms with van der Waals surface area (Å²) in [5, 5.41) is 21.5. The number of nitriles is 1. The van der Waals surface area contributed by atoms with Crippen LogP contribution in [0.25, 0.3) is 22.2 Å². The van der Waals surface area contributed by atoms with Gasteiger partial charge in [-0.2, -0.15) is 5.26 Å². The molecule has 1 aliphatic rings. The maximum absolute atomic E-state index is 11.5. The predicted molar refractivity (Wildman–Crippen MR) is 129 cm³/mol. The van der Waals surface area contributed by atoms with Crippen LogP contribution in [-0.4, -0.2) is 48.0 Å². The minimum atomic E-state index is -0.397. The van der Waals surface area contributed by atoms with Crippen LogP contribution < -0.4 is 4.90 Å². The van der Waals surface area contributed by atoms with E-state index >= 15 is 0 Å². The first-order valence-electron chi connectivity index (χ1n) is 11.1. The van der Waals surface area contributed by atoms with Crippen molar-refractivity contribution >= 4 is 22.5 Å². The Morgan fingerprint density at radius 2 is 2.06 bits per heavy atom. The molecule has 1 fully saturated rings. The molecule has 1 aliphatic heterocycles. The van der Waals surface area contributed by atoms with E-state index in [1.807, 2.05) is 33.8 Å². The smallest absolute Gasteiger partial charge is 0.270 e. The molecule has 0 amide bonds. The Morgan fingerprint density at radius 3 is 2.64 bits per heavy atom. The van der Waals surface area contributed by atoms with Crippen molar-refractivity contribution in [3.8, 4) is 17.2 Å². The standard InChI is InChI=1S/C25H29N5O3/c1-15-19(13-26)21-23(33-24(27-21)25(2,3)4)22(29-11-10-18(14-29)28(5)6)20(15)16-8-7-9-17(12-16)30(31)32/h7-9,12,18H,10-11,14H2,1-6H3. The molecule has 8 nitrogen and oxygen atoms in total. The van der Waals surface area contributed by atoms with Gasteiger partial charge in [0.05, 0.1) is 16.2 Å². The van der Waals surface area contributed by atoms with Crippen LogP contribution in [-0.2, 0) is 5.41 Å². The highest BCUT2D eigenvalue weighted by molar-refractivity contribution is 6.02. The number of benzene rings is 2. The van der Waals surface area contributed by atoms with Gasteiger partial charge in [-0.05, 0) is 38.6 Å². The molecule has 172 valence electrons. The average molecular weight is 448 g/mol. The van der Waals surface area contributed by atoms with Crippen LogP contribution in [0.2, 0.25) is 0 Å². The predicted octanol–water partition coefficient (Wildman–Crippen LogP) is 5.02. The zero-order valence-electron chi connectivity index (χ0n) is 20.0. The number of nitro groups is 1. The van der Waals surface area contributed by atoms with E-state index < -0.39 is 4.92 Å². The maximum atomic E-state index is 11.5. The zero-order chi connectivity index (χ0) is 24.1. The number of oxazole rings is 1. The number of rotatable bonds is 4. The molecular formula is C25H29N5O3. The third-order valence-corrected chi connectivity index (χ3v) is 6.37. The quantitative estimate of drug-likeness (QED) is 0.409. The topological polar surface area (TPSA) is 99.4 Å². The number of nitrogens with zero attached hydrogens (tertiary/aromatic N) is 5. The number of non-ortho nitro benzene ring substituents is 1. The van der Waals surface area contributed by atoms with E-state index in [0.29, 0.717) is 34.2 Å². The summed E-state index contributed by atoms with van der Waals surface area (Å²) in [7, 11) is 4.14. The summed E-state index contributed by atoms with van der Waals surface area (Å²) in [6, 6.07) is 9.27. The molecular weight excluding hydrogens is 418 g/mol. The van der Waals surface area contributed by atoms with E-state index in [4.69, 9.17) is 9.40 Å². The van der Waals surface area contributed by atoms with Crippen molar-refractivity contribution in [2.75, 3.05) is 32.1 Å². The number of hydrogen-bond acceptors (Lipinski definition) is 7. The minimum absolute atomic E-state index is 0.0111. The highest BCUT2D eigenvalue weighted by atomic mass is 16.6. The van der Waals surface area contributed by atoms with Crippen molar-refractivity contribution in [1.29, 1.82) is 5.26 Å². The van der Waals surface area contributed by atoms with Gasteiger partial charge in [0.2, 0.25) is 5.89 Å². The molecule has 0 saturated carbocycles. The Labute approximate surface area is 193 Å². The Hall–Kier alpha value is -3.44. The third-order valence-electron chi connectivity index (χ3n) is 6.37. The van der Waals surface area contributed by atoms with Crippen molar-refractivity contribution in [3.05, 3.63) is 51.4 Å². The third kappa shape index (κ3) is 3.93. The molecule has 0 spiro atoms. The van der Waals surface area contributed by atoms with Crippen molar-refractivity contribution < 1.29 is 9.34 Å². The average Bonchev–Trinajstić information content (AvgIpc) is 3.40. The largest absolute Gasteiger partial charge is 0.438 e. The lowest BCUT2D eigenvalue weighted by atomic mass is 9.92. The lowest BCUT2D eigenvalue weighted by Crippen LogP contribution is -2.31. The molecule has 1 saturated heterocycles. The summed E-state index contributed by atoms with van der Waals surface area (Å²) < 4.78 is 6.36. The fraction of sp³-hybridized carbons (Fsp3) is 0.440. The lowest BCUT2D eigenvalue weighted by Gasteiger charge is -2.25. The van der Waals surface area contributed by atoms with Crippen LogP contribution in [0.4, 0.5) is 11.4 Å². The zero-order valence-corrected chi connectivity index (χ0v) is 20.0. The fourth-order valence-electron chi connectivity index (χ4n) is 4.50. The van der Waals surface area contributed by atoms with E-state index in [1.165, 1.54) is 6.07 Å². The molecule has 8 heteroatoms. The SMILES string of the molecule is Cc1c(-c2cccc([N+](=O)[O-])c2)c(N2CCC(N(C)C)C2)c2oc(C(C)(C)C)nc2c1C#N. The van der Waals surface area contributed by atoms with Gasteiger partial charge in [0, 0.05) is 42.2 Å². The monoisotopic (exact) mass is 447 g/mol. The van der Waals surface area contributed by atoms with E-state index in [0.717, 1.165) is 36.3 Å². The van der Waals surface area contributed by atoms with E-state index in [1.54, 1.807) is 12.1 Å². The van der Waals surface area contributed by atoms with Gasteiger partial charge in [0.25, 0.3) is 5.69 Å². The van der Waals surface area contributed by atoms with Crippen molar-refractivity contribution in [1.82, 2.24) is 9.88 Å². The first-order chi connectivity index (χ1) is 15.5. The highest BCUT2D eigenvalue weighted by Gasteiger charge is 2.33. The Morgan fingerprint density at radius 1 is 1.33 bits per heavy atom. The van der Waals surface area contributed by atoms with Gasteiger partial charge in [-0.3, -0.25) is 10.1 Å². The van der Waals surface area contributed by atoms with Gasteiger partial charge in [-0.1, -0.05) is 32.9 Å². The molecule has 33 heavy (non-hydrogen) atoms. The van der Waals surface area contributed by atoms with Crippen LogP contribution in [0.3, 0.4) is 0 Å². The van der Waals surface area contributed by atoms with Gasteiger partial charge in [-0.15, -0.1) is 0 Å². The lowest BCUT2D eigenvalue weighted by molar-refractivity contribution is -0.384. The molecule has 0 aliphatic carbocycles. The minimum Gasteiger partial charge on any atom is -0.438 e. The number of likely N-dealkylation sites (N-methyl/N-ethyl adjacent to an activating group) is 1. The van der Waals surface area contributed by atoms with Gasteiger partial charge in [-0.25, -0.2) is 4.98 Å². The van der Waals surface area contributed by atoms with E-state index in [-0.39, 0.29) is 11.1 Å². The summed E-state index contributed by atoms with van der Waals surface area (Å²) in [4.78, 5) is 20.3. The van der Waals surface area contributed by atoms with Crippen LogP contribution in [0.1, 0.15) is 44.2 Å². The van der Waals surface area contributed by atoms with Gasteiger partial charge in [0.15, 0.2) is 5.58 Å². The number of hydrogen-bond donors (Lipinski definition) is 0. The molecule has 2 aromatic carbocycles. The highest BCUT2D eigenvalue weighted by Crippen LogP contribution is 2.45. The van der Waals surface area contributed by atoms with Crippen LogP contribution in [0.5, 0.6) is 0 Å². The van der Waals surface area contributed by atoms with Crippen LogP contribution in [0, 0.1) is 28.4 Å². The molecule has 2 heterocycles. The van der Waals surface area contributed by atoms with E-state index in [9.17, 15) is 15.4 Å². The van der Waals surface area contributed by atoms with Crippen LogP contribution in [0.15, 0.2) is 28.7 Å². The molecule has 1 aromatic heterocycles. The summed E-state index contributed by atoms with van der Waals surface area (Å²) in [5.74, 6) is 0.564. The fourth-order valence-corrected chi connectivity index (χ4v) is 4.50. The van der Waals surface area contributed by atoms with Crippen LogP contribution >= 0.6 is 0 Å². The number of anilines is 1. The first-order valence-corrected chi connectivity index (χ1v) is 11.1. The molecule has 0 N–H and O–H groups in total. The Balaban J connectivity index is 2.07. The summed E-state index contributed by atoms with van der Waals surface area (Å²) in [5.41, 5.74) is 4.34. The summed E-state index contributed by atoms with van der Waals surface area (Å²) >= 11 is 0. The first kappa shape index (κ1) is 22.7. The molecule has 1 unspecified atom stereocenters. The summed E-state index contributed by atoms with van der Waals surface area (Å²) in [6.45, 7) is 9.57. The second kappa shape index (κ2) is 8.16. The second-order valence-electron chi connectivity index (χ2n) is 9.94. The number of fused-ring (bicyclic) bond motifs is 1. The van der Waals surface area contributed by atoms with E-state index in [2.05, 4.69) is 30.0 Å². The van der Waals surface area contributed by atoms with Crippen molar-refractivity contribution in [2.45, 2.75) is 45.6 Å². The maximum Gasteiger partial charge on any atom is 0.270 e. The van der Waals surface area contributed by atoms with Gasteiger partial charge >= 0.3 is 0 Å². The van der Waals surface area contributed by atoms with Gasteiger partial charge < -0.3 is 14.2 Å². The normalized spacial score (nSPS) is 16.5. The molecule has 0 radical (unpaired) electrons. The van der Waals surface area contributed by atoms with Gasteiger partial charge in [0.1, 0.15) is 11.6 Å². The Kier molecular flexibility index (Phi) is 5.62. The van der Waals surface area contributed by atoms with Crippen molar-refractivity contribution in [3.63, 3.8) is 0 Å². The molecule has 1 atom stereocenters. The number of nitro benzene ring substituents is 1. The number of aromatic nitrogens is 1. The molecule has 0 bridgehead atoms. The Bertz CT molecular complexity index is 1280. The molecule has 3 aromatic rings. The van der Waals surface area contributed by atoms with Crippen molar-refractivity contribution in [2.24, 2.45) is 0 Å². The molecule has 4 rings (SSSR count).